The zero-order chi connectivity index (χ0) is 11.4. The van der Waals surface area contributed by atoms with Crippen molar-refractivity contribution in [1.29, 1.82) is 0 Å². The molecule has 0 aromatic heterocycles. The molecule has 0 spiro atoms. The van der Waals surface area contributed by atoms with Crippen LogP contribution in [0.4, 0.5) is 0 Å². The van der Waals surface area contributed by atoms with Crippen LogP contribution in [-0.4, -0.2) is 0 Å². The Hall–Kier alpha value is -2.28. The lowest BCUT2D eigenvalue weighted by molar-refractivity contribution is -0.268. The molecule has 0 aliphatic carbocycles. The van der Waals surface area contributed by atoms with Crippen molar-refractivity contribution in [1.82, 2.24) is 0 Å². The second-order valence-corrected chi connectivity index (χ2v) is 4.45. The van der Waals surface area contributed by atoms with E-state index in [4.69, 9.17) is 0 Å². The largest absolute Gasteiger partial charge is 0.872 e. The molecule has 0 heterocycles. The fraction of sp³-hybridized carbons (Fsp3) is 0. The minimum absolute atomic E-state index is 0.0795. The third-order valence-corrected chi connectivity index (χ3v) is 3.44. The Kier molecular flexibility index (Phi) is 1.50. The molecule has 0 amide bonds. The van der Waals surface area contributed by atoms with Crippen molar-refractivity contribution in [2.45, 2.75) is 0 Å². The lowest BCUT2D eigenvalue weighted by atomic mass is 9.94. The molecule has 4 aromatic carbocycles. The van der Waals surface area contributed by atoms with Gasteiger partial charge in [0.25, 0.3) is 0 Å². The summed E-state index contributed by atoms with van der Waals surface area (Å²) in [6, 6.07) is 18.0. The van der Waals surface area contributed by atoms with Crippen LogP contribution >= 0.6 is 0 Å². The molecule has 0 atom stereocenters. The van der Waals surface area contributed by atoms with Gasteiger partial charge in [0.1, 0.15) is 0 Å². The molecule has 0 fully saturated rings. The van der Waals surface area contributed by atoms with Gasteiger partial charge >= 0.3 is 0 Å². The van der Waals surface area contributed by atoms with Crippen LogP contribution in [0.5, 0.6) is 5.75 Å². The first-order valence-electron chi connectivity index (χ1n) is 5.67. The molecular weight excluding hydrogens is 208 g/mol. The second-order valence-electron chi connectivity index (χ2n) is 4.45. The SMILES string of the molecule is [O-]c1cc2ccc3cccc4ccc(c1)c2c34. The normalized spacial score (nSPS) is 11.8. The topological polar surface area (TPSA) is 23.1 Å². The predicted octanol–water partition coefficient (Wildman–Crippen LogP) is 3.66. The number of hydrogen-bond acceptors (Lipinski definition) is 1. The van der Waals surface area contributed by atoms with Gasteiger partial charge in [-0.3, -0.25) is 0 Å². The number of benzene rings is 4. The third kappa shape index (κ3) is 1.08. The molecule has 0 N–H and O–H groups in total. The Balaban J connectivity index is 2.45. The second kappa shape index (κ2) is 2.89. The standard InChI is InChI=1S/C16H10O/c17-14-8-12-6-4-10-2-1-3-11-5-7-13(9-14)16(12)15(10)11/h1-9,17H/p-1. The van der Waals surface area contributed by atoms with Gasteiger partial charge in [0.05, 0.1) is 0 Å². The van der Waals surface area contributed by atoms with Crippen LogP contribution in [0.3, 0.4) is 0 Å². The minimum Gasteiger partial charge on any atom is -0.872 e. The predicted molar refractivity (Wildman–Crippen MR) is 69.6 cm³/mol. The van der Waals surface area contributed by atoms with Crippen LogP contribution in [-0.2, 0) is 0 Å². The summed E-state index contributed by atoms with van der Waals surface area (Å²) in [5.41, 5.74) is 0. The molecular formula is C16H9O-. The molecule has 0 saturated heterocycles. The Bertz CT molecular complexity index is 782. The van der Waals surface area contributed by atoms with E-state index in [9.17, 15) is 5.11 Å². The van der Waals surface area contributed by atoms with Crippen molar-refractivity contribution in [3.63, 3.8) is 0 Å². The summed E-state index contributed by atoms with van der Waals surface area (Å²) in [6.45, 7) is 0. The van der Waals surface area contributed by atoms with E-state index in [-0.39, 0.29) is 5.75 Å². The van der Waals surface area contributed by atoms with Gasteiger partial charge in [-0.1, -0.05) is 54.6 Å². The average molecular weight is 217 g/mol. The monoisotopic (exact) mass is 217 g/mol. The van der Waals surface area contributed by atoms with Gasteiger partial charge in [0.2, 0.25) is 0 Å². The highest BCUT2D eigenvalue weighted by molar-refractivity contribution is 6.23. The van der Waals surface area contributed by atoms with Crippen LogP contribution in [0.25, 0.3) is 32.3 Å². The van der Waals surface area contributed by atoms with Crippen molar-refractivity contribution in [3.05, 3.63) is 54.6 Å². The van der Waals surface area contributed by atoms with Gasteiger partial charge < -0.3 is 5.11 Å². The highest BCUT2D eigenvalue weighted by atomic mass is 16.3. The summed E-state index contributed by atoms with van der Waals surface area (Å²) in [5, 5.41) is 18.6. The smallest absolute Gasteiger partial charge is 0.00268 e. The lowest BCUT2D eigenvalue weighted by Gasteiger charge is -2.13. The maximum atomic E-state index is 11.6. The van der Waals surface area contributed by atoms with Gasteiger partial charge in [0.15, 0.2) is 0 Å². The number of rotatable bonds is 0. The first-order valence-corrected chi connectivity index (χ1v) is 5.67. The van der Waals surface area contributed by atoms with Gasteiger partial charge in [-0.2, -0.15) is 0 Å². The zero-order valence-electron chi connectivity index (χ0n) is 9.10. The summed E-state index contributed by atoms with van der Waals surface area (Å²) in [5.74, 6) is 0.0795. The molecule has 0 bridgehead atoms. The van der Waals surface area contributed by atoms with Crippen molar-refractivity contribution in [2.75, 3.05) is 0 Å². The van der Waals surface area contributed by atoms with E-state index in [2.05, 4.69) is 30.3 Å². The van der Waals surface area contributed by atoms with E-state index >= 15 is 0 Å². The maximum Gasteiger partial charge on any atom is -0.00268 e. The fourth-order valence-electron chi connectivity index (χ4n) is 2.73. The fourth-order valence-corrected chi connectivity index (χ4v) is 2.73. The van der Waals surface area contributed by atoms with Crippen molar-refractivity contribution in [2.24, 2.45) is 0 Å². The first kappa shape index (κ1) is 8.82. The summed E-state index contributed by atoms with van der Waals surface area (Å²) >= 11 is 0. The van der Waals surface area contributed by atoms with Crippen LogP contribution in [0.15, 0.2) is 54.6 Å². The average Bonchev–Trinajstić information content (AvgIpc) is 2.35. The van der Waals surface area contributed by atoms with Gasteiger partial charge in [-0.25, -0.2) is 0 Å². The molecule has 4 aromatic rings. The first-order chi connectivity index (χ1) is 8.33. The van der Waals surface area contributed by atoms with Crippen LogP contribution < -0.4 is 5.11 Å². The third-order valence-electron chi connectivity index (χ3n) is 3.44. The summed E-state index contributed by atoms with van der Waals surface area (Å²) < 4.78 is 0. The molecule has 1 heteroatoms. The molecule has 0 unspecified atom stereocenters. The molecule has 80 valence electrons. The van der Waals surface area contributed by atoms with Gasteiger partial charge in [-0.15, -0.1) is 5.75 Å². The summed E-state index contributed by atoms with van der Waals surface area (Å²) in [7, 11) is 0. The van der Waals surface area contributed by atoms with E-state index < -0.39 is 0 Å². The van der Waals surface area contributed by atoms with Crippen LogP contribution in [0.2, 0.25) is 0 Å². The Morgan fingerprint density at radius 3 is 1.65 bits per heavy atom. The molecule has 17 heavy (non-hydrogen) atoms. The summed E-state index contributed by atoms with van der Waals surface area (Å²) in [6.07, 6.45) is 0. The van der Waals surface area contributed by atoms with Crippen molar-refractivity contribution in [3.8, 4) is 5.75 Å². The van der Waals surface area contributed by atoms with E-state index in [1.165, 1.54) is 21.5 Å². The maximum absolute atomic E-state index is 11.6. The Labute approximate surface area is 98.2 Å². The van der Waals surface area contributed by atoms with Gasteiger partial charge in [0, 0.05) is 0 Å². The van der Waals surface area contributed by atoms with Crippen LogP contribution in [0.1, 0.15) is 0 Å². The molecule has 0 saturated carbocycles. The molecule has 0 radical (unpaired) electrons. The minimum atomic E-state index is 0.0795. The Morgan fingerprint density at radius 1 is 0.588 bits per heavy atom. The highest BCUT2D eigenvalue weighted by Gasteiger charge is 2.06. The Morgan fingerprint density at radius 2 is 1.06 bits per heavy atom. The molecule has 1 nitrogen and oxygen atoms in total. The zero-order valence-corrected chi connectivity index (χ0v) is 9.10. The molecule has 4 rings (SSSR count). The summed E-state index contributed by atoms with van der Waals surface area (Å²) in [4.78, 5) is 0. The van der Waals surface area contributed by atoms with E-state index in [0.717, 1.165) is 10.8 Å². The van der Waals surface area contributed by atoms with E-state index in [1.807, 2.05) is 12.1 Å². The molecule has 0 aliphatic rings. The van der Waals surface area contributed by atoms with Crippen molar-refractivity contribution < 1.29 is 5.11 Å². The lowest BCUT2D eigenvalue weighted by Crippen LogP contribution is -1.90. The van der Waals surface area contributed by atoms with Gasteiger partial charge in [-0.05, 0) is 32.3 Å². The van der Waals surface area contributed by atoms with Crippen molar-refractivity contribution >= 4 is 32.3 Å². The van der Waals surface area contributed by atoms with E-state index in [0.29, 0.717) is 0 Å². The van der Waals surface area contributed by atoms with Crippen LogP contribution in [0, 0.1) is 0 Å². The quantitative estimate of drug-likeness (QED) is 0.412. The highest BCUT2D eigenvalue weighted by Crippen LogP contribution is 2.35. The number of hydrogen-bond donors (Lipinski definition) is 0. The molecule has 0 aliphatic heterocycles. The van der Waals surface area contributed by atoms with E-state index in [1.54, 1.807) is 12.1 Å².